The molecule has 0 saturated carbocycles. The Morgan fingerprint density at radius 1 is 1.12 bits per heavy atom. The lowest BCUT2D eigenvalue weighted by molar-refractivity contribution is -0.121. The van der Waals surface area contributed by atoms with Gasteiger partial charge in [0.2, 0.25) is 11.7 Å². The zero-order chi connectivity index (χ0) is 24.2. The quantitative estimate of drug-likeness (QED) is 0.504. The lowest BCUT2D eigenvalue weighted by Gasteiger charge is -2.15. The molecule has 2 aromatic carbocycles. The molecule has 1 heterocycles. The third-order valence-electron chi connectivity index (χ3n) is 6.24. The number of phenols is 1. The van der Waals surface area contributed by atoms with E-state index in [0.29, 0.717) is 24.5 Å². The Morgan fingerprint density at radius 2 is 1.85 bits per heavy atom. The number of phenolic OH excluding ortho intramolecular Hbond substituents is 1. The summed E-state index contributed by atoms with van der Waals surface area (Å²) < 4.78 is 24.8. The van der Waals surface area contributed by atoms with Crippen molar-refractivity contribution < 1.29 is 23.8 Å². The van der Waals surface area contributed by atoms with Crippen LogP contribution in [-0.4, -0.2) is 30.2 Å². The van der Waals surface area contributed by atoms with Crippen molar-refractivity contribution in [1.82, 2.24) is 10.3 Å². The number of nitrogens with one attached hydrogen (secondary N) is 1. The third kappa shape index (κ3) is 4.73. The lowest BCUT2D eigenvalue weighted by Crippen LogP contribution is -2.24. The number of allylic oxidation sites excluding steroid dienone is 2. The van der Waals surface area contributed by atoms with Crippen LogP contribution >= 0.6 is 0 Å². The maximum absolute atomic E-state index is 14.2. The van der Waals surface area contributed by atoms with Gasteiger partial charge in [0.25, 0.3) is 0 Å². The Balaban J connectivity index is 1.61. The maximum atomic E-state index is 14.2. The van der Waals surface area contributed by atoms with E-state index in [1.54, 1.807) is 30.6 Å². The number of hydrogen-bond donors (Lipinski definition) is 2. The first-order valence-corrected chi connectivity index (χ1v) is 11.0. The molecule has 1 amide bonds. The summed E-state index contributed by atoms with van der Waals surface area (Å²) in [7, 11) is 2.97. The first-order valence-electron chi connectivity index (χ1n) is 11.0. The van der Waals surface area contributed by atoms with Crippen molar-refractivity contribution in [2.45, 2.75) is 32.2 Å². The van der Waals surface area contributed by atoms with E-state index in [-0.39, 0.29) is 29.8 Å². The van der Waals surface area contributed by atoms with Gasteiger partial charge in [-0.05, 0) is 71.5 Å². The van der Waals surface area contributed by atoms with Crippen LogP contribution in [0.15, 0.2) is 60.4 Å². The number of ether oxygens (including phenoxy) is 2. The van der Waals surface area contributed by atoms with E-state index >= 15 is 0 Å². The van der Waals surface area contributed by atoms with Crippen molar-refractivity contribution >= 4 is 11.5 Å². The minimum absolute atomic E-state index is 0.0588. The molecule has 0 spiro atoms. The highest BCUT2D eigenvalue weighted by molar-refractivity contribution is 5.84. The fourth-order valence-electron chi connectivity index (χ4n) is 4.47. The number of carbonyl (C=O) groups is 1. The lowest BCUT2D eigenvalue weighted by atomic mass is 9.92. The van der Waals surface area contributed by atoms with Gasteiger partial charge in [-0.25, -0.2) is 4.39 Å². The average molecular weight is 463 g/mol. The molecule has 1 aliphatic rings. The molecule has 0 bridgehead atoms. The van der Waals surface area contributed by atoms with Crippen LogP contribution in [0, 0.1) is 5.82 Å². The summed E-state index contributed by atoms with van der Waals surface area (Å²) in [6, 6.07) is 12.0. The number of aromatic hydroxyl groups is 1. The van der Waals surface area contributed by atoms with Crippen LogP contribution < -0.4 is 14.8 Å². The number of halogens is 1. The van der Waals surface area contributed by atoms with Gasteiger partial charge in [0.1, 0.15) is 5.82 Å². The maximum Gasteiger partial charge on any atom is 0.221 e. The van der Waals surface area contributed by atoms with Crippen molar-refractivity contribution in [3.05, 3.63) is 88.5 Å². The van der Waals surface area contributed by atoms with Crippen molar-refractivity contribution in [1.29, 1.82) is 0 Å². The average Bonchev–Trinajstić information content (AvgIpc) is 3.09. The van der Waals surface area contributed by atoms with Crippen LogP contribution in [0.5, 0.6) is 17.2 Å². The third-order valence-corrected chi connectivity index (χ3v) is 6.24. The highest BCUT2D eigenvalue weighted by Crippen LogP contribution is 2.46. The number of nitrogens with zero attached hydrogens (tertiary/aromatic N) is 1. The summed E-state index contributed by atoms with van der Waals surface area (Å²) in [6.07, 6.45) is 4.13. The first-order chi connectivity index (χ1) is 16.4. The summed E-state index contributed by atoms with van der Waals surface area (Å²) >= 11 is 0. The predicted octanol–water partition coefficient (Wildman–Crippen LogP) is 4.76. The molecular weight excluding hydrogens is 435 g/mol. The largest absolute Gasteiger partial charge is 0.502 e. The zero-order valence-electron chi connectivity index (χ0n) is 19.4. The Hall–Kier alpha value is -3.87. The van der Waals surface area contributed by atoms with Gasteiger partial charge in [0.05, 0.1) is 14.2 Å². The number of fused-ring (bicyclic) bond motifs is 1. The molecule has 0 radical (unpaired) electrons. The normalized spacial score (nSPS) is 14.6. The molecule has 0 aliphatic heterocycles. The van der Waals surface area contributed by atoms with Crippen LogP contribution in [0.25, 0.3) is 5.57 Å². The van der Waals surface area contributed by atoms with Gasteiger partial charge < -0.3 is 19.9 Å². The molecule has 2 N–H and O–H groups in total. The van der Waals surface area contributed by atoms with Crippen LogP contribution in [0.1, 0.15) is 41.5 Å². The highest BCUT2D eigenvalue weighted by Gasteiger charge is 2.31. The SMILES string of the molecule is COc1cc(CC2=C(C)C(CC(=O)NCc3cccnc3)c3cc(F)ccc32)cc(OC)c1O. The van der Waals surface area contributed by atoms with Gasteiger partial charge in [0, 0.05) is 31.3 Å². The molecule has 7 heteroatoms. The summed E-state index contributed by atoms with van der Waals surface area (Å²) in [6.45, 7) is 2.37. The van der Waals surface area contributed by atoms with Gasteiger partial charge >= 0.3 is 0 Å². The second-order valence-electron chi connectivity index (χ2n) is 8.31. The Bertz CT molecular complexity index is 1220. The number of amides is 1. The highest BCUT2D eigenvalue weighted by atomic mass is 19.1. The molecule has 1 aliphatic carbocycles. The molecule has 4 rings (SSSR count). The molecule has 1 atom stereocenters. The molecular formula is C27H27FN2O4. The van der Waals surface area contributed by atoms with E-state index in [1.165, 1.54) is 26.4 Å². The predicted molar refractivity (Wildman–Crippen MR) is 127 cm³/mol. The molecule has 0 fully saturated rings. The number of carbonyl (C=O) groups excluding carboxylic acids is 1. The number of pyridine rings is 1. The number of hydrogen-bond acceptors (Lipinski definition) is 5. The van der Waals surface area contributed by atoms with Crippen LogP contribution in [0.3, 0.4) is 0 Å². The Kier molecular flexibility index (Phi) is 6.82. The second kappa shape index (κ2) is 9.95. The van der Waals surface area contributed by atoms with Gasteiger partial charge in [-0.1, -0.05) is 17.7 Å². The fourth-order valence-corrected chi connectivity index (χ4v) is 4.47. The van der Waals surface area contributed by atoms with Crippen molar-refractivity contribution in [3.8, 4) is 17.2 Å². The second-order valence-corrected chi connectivity index (χ2v) is 8.31. The van der Waals surface area contributed by atoms with Gasteiger partial charge in [-0.3, -0.25) is 9.78 Å². The Morgan fingerprint density at radius 3 is 2.50 bits per heavy atom. The van der Waals surface area contributed by atoms with Crippen LogP contribution in [0.4, 0.5) is 4.39 Å². The fraction of sp³-hybridized carbons (Fsp3) is 0.259. The van der Waals surface area contributed by atoms with Gasteiger partial charge in [-0.2, -0.15) is 0 Å². The van der Waals surface area contributed by atoms with E-state index < -0.39 is 0 Å². The standard InChI is InChI=1S/C27H27FN2O4/c1-16-21(9-18-10-24(33-2)27(32)25(11-18)34-3)20-7-6-19(28)12-23(20)22(16)13-26(31)30-15-17-5-4-8-29-14-17/h4-8,10-12,14,22,32H,9,13,15H2,1-3H3,(H,30,31). The molecule has 0 saturated heterocycles. The van der Waals surface area contributed by atoms with Crippen LogP contribution in [-0.2, 0) is 17.8 Å². The minimum Gasteiger partial charge on any atom is -0.502 e. The molecule has 6 nitrogen and oxygen atoms in total. The van der Waals surface area contributed by atoms with Crippen molar-refractivity contribution in [2.24, 2.45) is 0 Å². The summed E-state index contributed by atoms with van der Waals surface area (Å²) in [5.41, 5.74) is 5.56. The monoisotopic (exact) mass is 462 g/mol. The first kappa shape index (κ1) is 23.3. The number of rotatable bonds is 8. The minimum atomic E-state index is -0.332. The van der Waals surface area contributed by atoms with E-state index in [2.05, 4.69) is 10.3 Å². The van der Waals surface area contributed by atoms with E-state index in [1.807, 2.05) is 19.1 Å². The number of aromatic nitrogens is 1. The topological polar surface area (TPSA) is 80.7 Å². The van der Waals surface area contributed by atoms with Gasteiger partial charge in [0.15, 0.2) is 11.5 Å². The van der Waals surface area contributed by atoms with E-state index in [4.69, 9.17) is 9.47 Å². The zero-order valence-corrected chi connectivity index (χ0v) is 19.4. The van der Waals surface area contributed by atoms with E-state index in [9.17, 15) is 14.3 Å². The molecule has 1 aromatic heterocycles. The smallest absolute Gasteiger partial charge is 0.221 e. The van der Waals surface area contributed by atoms with Gasteiger partial charge in [-0.15, -0.1) is 0 Å². The molecule has 34 heavy (non-hydrogen) atoms. The number of benzene rings is 2. The van der Waals surface area contributed by atoms with Crippen molar-refractivity contribution in [3.63, 3.8) is 0 Å². The van der Waals surface area contributed by atoms with Crippen LogP contribution in [0.2, 0.25) is 0 Å². The summed E-state index contributed by atoms with van der Waals surface area (Å²) in [5, 5.41) is 13.2. The Labute approximate surface area is 198 Å². The van der Waals surface area contributed by atoms with E-state index in [0.717, 1.165) is 33.4 Å². The van der Waals surface area contributed by atoms with Crippen molar-refractivity contribution in [2.75, 3.05) is 14.2 Å². The molecule has 176 valence electrons. The molecule has 1 unspecified atom stereocenters. The molecule has 3 aromatic rings. The number of methoxy groups -OCH3 is 2. The summed E-state index contributed by atoms with van der Waals surface area (Å²) in [4.78, 5) is 16.8. The summed E-state index contributed by atoms with van der Waals surface area (Å²) in [5.74, 6) is -0.0984.